The van der Waals surface area contributed by atoms with Crippen molar-refractivity contribution in [3.8, 4) is 0 Å². The SMILES string of the molecule is Cc1cc(Br)ccc1NC(c1ccccc1)c1ccco1. The summed E-state index contributed by atoms with van der Waals surface area (Å²) < 4.78 is 6.70. The predicted octanol–water partition coefficient (Wildman–Crippen LogP) is 5.55. The number of rotatable bonds is 4. The lowest BCUT2D eigenvalue weighted by atomic mass is 10.0. The minimum absolute atomic E-state index is 0.000996. The van der Waals surface area contributed by atoms with Gasteiger partial charge in [-0.2, -0.15) is 0 Å². The summed E-state index contributed by atoms with van der Waals surface area (Å²) in [4.78, 5) is 0. The summed E-state index contributed by atoms with van der Waals surface area (Å²) in [5, 5.41) is 3.58. The van der Waals surface area contributed by atoms with Crippen LogP contribution in [0.4, 0.5) is 5.69 Å². The van der Waals surface area contributed by atoms with E-state index in [1.165, 1.54) is 11.1 Å². The summed E-state index contributed by atoms with van der Waals surface area (Å²) in [5.41, 5.74) is 3.47. The quantitative estimate of drug-likeness (QED) is 0.672. The van der Waals surface area contributed by atoms with E-state index < -0.39 is 0 Å². The van der Waals surface area contributed by atoms with Crippen molar-refractivity contribution in [2.24, 2.45) is 0 Å². The lowest BCUT2D eigenvalue weighted by Gasteiger charge is -2.20. The first-order chi connectivity index (χ1) is 10.2. The third-order valence-electron chi connectivity index (χ3n) is 3.45. The zero-order valence-electron chi connectivity index (χ0n) is 11.7. The van der Waals surface area contributed by atoms with Gasteiger partial charge in [0.2, 0.25) is 0 Å². The highest BCUT2D eigenvalue weighted by Crippen LogP contribution is 2.29. The summed E-state index contributed by atoms with van der Waals surface area (Å²) >= 11 is 3.50. The third kappa shape index (κ3) is 3.19. The second-order valence-electron chi connectivity index (χ2n) is 4.96. The Balaban J connectivity index is 1.97. The van der Waals surface area contributed by atoms with Gasteiger partial charge in [0.1, 0.15) is 11.8 Å². The van der Waals surface area contributed by atoms with Gasteiger partial charge in [0.25, 0.3) is 0 Å². The molecule has 1 N–H and O–H groups in total. The van der Waals surface area contributed by atoms with Crippen LogP contribution in [0.5, 0.6) is 0 Å². The minimum atomic E-state index is 0.000996. The first kappa shape index (κ1) is 14.0. The maximum absolute atomic E-state index is 5.61. The van der Waals surface area contributed by atoms with E-state index in [4.69, 9.17) is 4.42 Å². The van der Waals surface area contributed by atoms with E-state index in [-0.39, 0.29) is 6.04 Å². The number of hydrogen-bond donors (Lipinski definition) is 1. The highest BCUT2D eigenvalue weighted by molar-refractivity contribution is 9.10. The summed E-state index contributed by atoms with van der Waals surface area (Å²) in [6, 6.07) is 20.5. The average Bonchev–Trinajstić information content (AvgIpc) is 3.01. The van der Waals surface area contributed by atoms with E-state index >= 15 is 0 Å². The van der Waals surface area contributed by atoms with Gasteiger partial charge in [-0.15, -0.1) is 0 Å². The van der Waals surface area contributed by atoms with Crippen LogP contribution in [0.3, 0.4) is 0 Å². The number of aryl methyl sites for hydroxylation is 1. The smallest absolute Gasteiger partial charge is 0.130 e. The van der Waals surface area contributed by atoms with Crippen molar-refractivity contribution in [3.05, 3.63) is 88.3 Å². The van der Waals surface area contributed by atoms with Gasteiger partial charge in [0, 0.05) is 10.2 Å². The molecule has 2 aromatic carbocycles. The molecule has 0 aliphatic rings. The van der Waals surface area contributed by atoms with Crippen LogP contribution >= 0.6 is 15.9 Å². The summed E-state index contributed by atoms with van der Waals surface area (Å²) in [7, 11) is 0. The first-order valence-corrected chi connectivity index (χ1v) is 7.64. The molecule has 21 heavy (non-hydrogen) atoms. The second kappa shape index (κ2) is 6.19. The molecule has 0 bridgehead atoms. The molecule has 1 aromatic heterocycles. The molecule has 1 heterocycles. The van der Waals surface area contributed by atoms with Crippen LogP contribution in [0.15, 0.2) is 75.8 Å². The van der Waals surface area contributed by atoms with Gasteiger partial charge < -0.3 is 9.73 Å². The monoisotopic (exact) mass is 341 g/mol. The fraction of sp³-hybridized carbons (Fsp3) is 0.111. The highest BCUT2D eigenvalue weighted by Gasteiger charge is 2.17. The molecule has 0 aliphatic heterocycles. The van der Waals surface area contributed by atoms with Gasteiger partial charge in [-0.1, -0.05) is 46.3 Å². The number of halogens is 1. The van der Waals surface area contributed by atoms with Crippen LogP contribution in [0.2, 0.25) is 0 Å². The topological polar surface area (TPSA) is 25.2 Å². The van der Waals surface area contributed by atoms with E-state index in [1.807, 2.05) is 36.4 Å². The lowest BCUT2D eigenvalue weighted by Crippen LogP contribution is -2.12. The molecule has 0 radical (unpaired) electrons. The van der Waals surface area contributed by atoms with Crippen molar-refractivity contribution in [1.82, 2.24) is 0 Å². The molecule has 2 nitrogen and oxygen atoms in total. The van der Waals surface area contributed by atoms with Gasteiger partial charge in [0.05, 0.1) is 6.26 Å². The van der Waals surface area contributed by atoms with Crippen molar-refractivity contribution >= 4 is 21.6 Å². The molecule has 0 spiro atoms. The van der Waals surface area contributed by atoms with Crippen molar-refractivity contribution in [1.29, 1.82) is 0 Å². The Morgan fingerprint density at radius 3 is 2.48 bits per heavy atom. The number of nitrogens with one attached hydrogen (secondary N) is 1. The molecule has 0 saturated carbocycles. The Morgan fingerprint density at radius 2 is 1.81 bits per heavy atom. The number of benzene rings is 2. The lowest BCUT2D eigenvalue weighted by molar-refractivity contribution is 0.499. The van der Waals surface area contributed by atoms with E-state index in [1.54, 1.807) is 6.26 Å². The number of anilines is 1. The number of hydrogen-bond acceptors (Lipinski definition) is 2. The van der Waals surface area contributed by atoms with Crippen LogP contribution < -0.4 is 5.32 Å². The van der Waals surface area contributed by atoms with E-state index in [0.717, 1.165) is 15.9 Å². The summed E-state index contributed by atoms with van der Waals surface area (Å²) in [6.45, 7) is 2.09. The Bertz CT molecular complexity index is 707. The standard InChI is InChI=1S/C18H16BrNO/c1-13-12-15(19)9-10-16(13)20-18(17-8-5-11-21-17)14-6-3-2-4-7-14/h2-12,18,20H,1H3. The van der Waals surface area contributed by atoms with Crippen molar-refractivity contribution in [2.75, 3.05) is 5.32 Å². The van der Waals surface area contributed by atoms with Crippen LogP contribution in [-0.2, 0) is 0 Å². The second-order valence-corrected chi connectivity index (χ2v) is 5.88. The molecule has 0 fully saturated rings. The fourth-order valence-electron chi connectivity index (χ4n) is 2.36. The van der Waals surface area contributed by atoms with Crippen LogP contribution in [0, 0.1) is 6.92 Å². The Labute approximate surface area is 132 Å². The molecule has 0 saturated heterocycles. The fourth-order valence-corrected chi connectivity index (χ4v) is 2.84. The zero-order chi connectivity index (χ0) is 14.7. The normalized spacial score (nSPS) is 12.1. The molecule has 3 heteroatoms. The van der Waals surface area contributed by atoms with Gasteiger partial charge in [0.15, 0.2) is 0 Å². The van der Waals surface area contributed by atoms with E-state index in [0.29, 0.717) is 0 Å². The molecule has 1 atom stereocenters. The van der Waals surface area contributed by atoms with Crippen molar-refractivity contribution in [2.45, 2.75) is 13.0 Å². The minimum Gasteiger partial charge on any atom is -0.467 e. The van der Waals surface area contributed by atoms with Crippen LogP contribution in [0.25, 0.3) is 0 Å². The summed E-state index contributed by atoms with van der Waals surface area (Å²) in [6.07, 6.45) is 1.71. The molecule has 3 rings (SSSR count). The molecule has 0 amide bonds. The maximum atomic E-state index is 5.61. The Kier molecular flexibility index (Phi) is 4.11. The largest absolute Gasteiger partial charge is 0.467 e. The molecule has 3 aromatic rings. The molecular weight excluding hydrogens is 326 g/mol. The van der Waals surface area contributed by atoms with Crippen LogP contribution in [0.1, 0.15) is 22.9 Å². The van der Waals surface area contributed by atoms with Gasteiger partial charge in [-0.3, -0.25) is 0 Å². The predicted molar refractivity (Wildman–Crippen MR) is 89.5 cm³/mol. The van der Waals surface area contributed by atoms with E-state index in [9.17, 15) is 0 Å². The maximum Gasteiger partial charge on any atom is 0.130 e. The first-order valence-electron chi connectivity index (χ1n) is 6.85. The van der Waals surface area contributed by atoms with Crippen LogP contribution in [-0.4, -0.2) is 0 Å². The molecule has 106 valence electrons. The average molecular weight is 342 g/mol. The van der Waals surface area contributed by atoms with Crippen molar-refractivity contribution < 1.29 is 4.42 Å². The van der Waals surface area contributed by atoms with Crippen molar-refractivity contribution in [3.63, 3.8) is 0 Å². The molecule has 0 aliphatic carbocycles. The number of furan rings is 1. The van der Waals surface area contributed by atoms with Gasteiger partial charge in [-0.25, -0.2) is 0 Å². The summed E-state index contributed by atoms with van der Waals surface area (Å²) in [5.74, 6) is 0.906. The molecular formula is C18H16BrNO. The molecule has 1 unspecified atom stereocenters. The van der Waals surface area contributed by atoms with E-state index in [2.05, 4.69) is 52.4 Å². The van der Waals surface area contributed by atoms with Gasteiger partial charge >= 0.3 is 0 Å². The Hall–Kier alpha value is -2.00. The zero-order valence-corrected chi connectivity index (χ0v) is 13.3. The van der Waals surface area contributed by atoms with Gasteiger partial charge in [-0.05, 0) is 48.4 Å². The third-order valence-corrected chi connectivity index (χ3v) is 3.94. The Morgan fingerprint density at radius 1 is 1.00 bits per heavy atom. The highest BCUT2D eigenvalue weighted by atomic mass is 79.9.